The zero-order valence-electron chi connectivity index (χ0n) is 25.8. The SMILES string of the molecule is CCC(=O)O[C@H]1[C@@H](O)[C@](C#N)(c2ccc(/C(=N\C=N)NC(=O)OCOC(=O)C(C)(C)C)[nH]2)O[C@@H]1COC(=O)[C@@H](N)C(C)(C)C. The number of nitrogens with two attached hydrogens (primary N) is 1. The van der Waals surface area contributed by atoms with E-state index in [1.165, 1.54) is 19.1 Å². The average Bonchev–Trinajstić information content (AvgIpc) is 3.54. The van der Waals surface area contributed by atoms with E-state index in [1.807, 2.05) is 6.07 Å². The quantitative estimate of drug-likeness (QED) is 0.0818. The lowest BCUT2D eigenvalue weighted by molar-refractivity contribution is -0.162. The first-order chi connectivity index (χ1) is 20.4. The molecule has 1 amide bonds. The number of nitrogens with one attached hydrogen (secondary N) is 3. The lowest BCUT2D eigenvalue weighted by atomic mass is 9.87. The average molecular weight is 621 g/mol. The van der Waals surface area contributed by atoms with Crippen molar-refractivity contribution in [3.05, 3.63) is 23.5 Å². The van der Waals surface area contributed by atoms with Gasteiger partial charge in [-0.15, -0.1) is 0 Å². The van der Waals surface area contributed by atoms with Crippen LogP contribution in [-0.2, 0) is 43.7 Å². The van der Waals surface area contributed by atoms with Gasteiger partial charge in [0.2, 0.25) is 12.4 Å². The van der Waals surface area contributed by atoms with Crippen molar-refractivity contribution in [2.24, 2.45) is 21.6 Å². The largest absolute Gasteiger partial charge is 0.462 e. The molecule has 1 aliphatic heterocycles. The van der Waals surface area contributed by atoms with Gasteiger partial charge in [0.15, 0.2) is 11.9 Å². The van der Waals surface area contributed by atoms with Gasteiger partial charge in [-0.1, -0.05) is 27.7 Å². The van der Waals surface area contributed by atoms with Gasteiger partial charge in [-0.3, -0.25) is 25.1 Å². The van der Waals surface area contributed by atoms with Gasteiger partial charge in [0.05, 0.1) is 16.8 Å². The second kappa shape index (κ2) is 14.4. The Balaban J connectivity index is 2.29. The van der Waals surface area contributed by atoms with Crippen molar-refractivity contribution < 1.29 is 48.0 Å². The minimum atomic E-state index is -2.16. The number of hydrogen-bond donors (Lipinski definition) is 5. The van der Waals surface area contributed by atoms with Crippen molar-refractivity contribution in [1.29, 1.82) is 10.7 Å². The molecule has 0 bridgehead atoms. The number of aliphatic hydroxyl groups is 1. The smallest absolute Gasteiger partial charge is 0.415 e. The van der Waals surface area contributed by atoms with Crippen molar-refractivity contribution in [3.8, 4) is 6.07 Å². The molecular weight excluding hydrogens is 580 g/mol. The summed E-state index contributed by atoms with van der Waals surface area (Å²) in [5.74, 6) is -2.28. The maximum Gasteiger partial charge on any atom is 0.415 e. The number of carbonyl (C=O) groups excluding carboxylic acids is 4. The lowest BCUT2D eigenvalue weighted by Gasteiger charge is -2.26. The van der Waals surface area contributed by atoms with Crippen molar-refractivity contribution >= 4 is 36.2 Å². The molecule has 1 aliphatic rings. The van der Waals surface area contributed by atoms with Crippen molar-refractivity contribution in [2.45, 2.75) is 84.8 Å². The highest BCUT2D eigenvalue weighted by atomic mass is 16.7. The second-order valence-electron chi connectivity index (χ2n) is 12.0. The summed E-state index contributed by atoms with van der Waals surface area (Å²) in [5, 5.41) is 31.1. The normalized spacial score (nSPS) is 22.7. The molecule has 1 saturated heterocycles. The van der Waals surface area contributed by atoms with E-state index in [4.69, 9.17) is 34.8 Å². The first-order valence-corrected chi connectivity index (χ1v) is 13.7. The summed E-state index contributed by atoms with van der Waals surface area (Å²) in [7, 11) is 0. The first kappa shape index (κ1) is 35.9. The number of nitriles is 1. The number of rotatable bonds is 10. The van der Waals surface area contributed by atoms with E-state index >= 15 is 0 Å². The molecule has 242 valence electrons. The van der Waals surface area contributed by atoms with Gasteiger partial charge in [0.25, 0.3) is 0 Å². The van der Waals surface area contributed by atoms with E-state index in [2.05, 4.69) is 15.3 Å². The van der Waals surface area contributed by atoms with E-state index < -0.39 is 78.2 Å². The van der Waals surface area contributed by atoms with Gasteiger partial charge >= 0.3 is 24.0 Å². The van der Waals surface area contributed by atoms with E-state index in [0.29, 0.717) is 6.34 Å². The van der Waals surface area contributed by atoms with Crippen LogP contribution in [0.4, 0.5) is 4.79 Å². The zero-order chi connectivity index (χ0) is 33.5. The predicted molar refractivity (Wildman–Crippen MR) is 153 cm³/mol. The van der Waals surface area contributed by atoms with Gasteiger partial charge in [-0.2, -0.15) is 5.26 Å². The van der Waals surface area contributed by atoms with Crippen LogP contribution in [0.3, 0.4) is 0 Å². The van der Waals surface area contributed by atoms with Crippen LogP contribution in [0.5, 0.6) is 0 Å². The molecule has 0 aromatic carbocycles. The van der Waals surface area contributed by atoms with E-state index in [1.54, 1.807) is 41.5 Å². The number of ether oxygens (including phenoxy) is 5. The maximum absolute atomic E-state index is 12.5. The topological polar surface area (TPSA) is 248 Å². The summed E-state index contributed by atoms with van der Waals surface area (Å²) in [6.07, 6.45) is -4.92. The van der Waals surface area contributed by atoms with Crippen LogP contribution in [0, 0.1) is 27.6 Å². The molecule has 2 heterocycles. The Morgan fingerprint density at radius 3 is 2.43 bits per heavy atom. The number of alkyl carbamates (subject to hydrolysis) is 1. The van der Waals surface area contributed by atoms with Crippen LogP contribution in [-0.4, -0.2) is 84.0 Å². The molecule has 16 heteroatoms. The number of aliphatic imine (C=N–C) groups is 1. The molecule has 0 unspecified atom stereocenters. The van der Waals surface area contributed by atoms with Gasteiger partial charge in [-0.25, -0.2) is 9.79 Å². The Kier molecular flexibility index (Phi) is 11.8. The van der Waals surface area contributed by atoms with Gasteiger partial charge in [0.1, 0.15) is 37.3 Å². The highest BCUT2D eigenvalue weighted by Gasteiger charge is 2.59. The zero-order valence-corrected chi connectivity index (χ0v) is 25.8. The van der Waals surface area contributed by atoms with Crippen LogP contribution in [0.15, 0.2) is 17.1 Å². The minimum absolute atomic E-state index is 0.0350. The summed E-state index contributed by atoms with van der Waals surface area (Å²) >= 11 is 0. The molecule has 0 saturated carbocycles. The summed E-state index contributed by atoms with van der Waals surface area (Å²) in [5.41, 5.74) is 2.40. The molecule has 2 rings (SSSR count). The Hall–Kier alpha value is -4.33. The number of amides is 1. The van der Waals surface area contributed by atoms with E-state index in [9.17, 15) is 29.5 Å². The van der Waals surface area contributed by atoms with Crippen LogP contribution >= 0.6 is 0 Å². The number of carbonyl (C=O) groups is 4. The Morgan fingerprint density at radius 1 is 1.23 bits per heavy atom. The fourth-order valence-electron chi connectivity index (χ4n) is 3.77. The third-order valence-corrected chi connectivity index (χ3v) is 6.48. The fourth-order valence-corrected chi connectivity index (χ4v) is 3.77. The van der Waals surface area contributed by atoms with Crippen molar-refractivity contribution in [2.75, 3.05) is 13.4 Å². The summed E-state index contributed by atoms with van der Waals surface area (Å²) in [6.45, 7) is 10.5. The van der Waals surface area contributed by atoms with Crippen LogP contribution in [0.2, 0.25) is 0 Å². The first-order valence-electron chi connectivity index (χ1n) is 13.7. The monoisotopic (exact) mass is 620 g/mol. The third kappa shape index (κ3) is 8.62. The Labute approximate surface area is 254 Å². The molecular formula is C28H40N6O10. The number of aromatic nitrogens is 1. The van der Waals surface area contributed by atoms with Gasteiger partial charge < -0.3 is 39.5 Å². The number of H-pyrrole nitrogens is 1. The number of aromatic amines is 1. The highest BCUT2D eigenvalue weighted by molar-refractivity contribution is 6.07. The fraction of sp³-hybridized carbons (Fsp3) is 0.607. The van der Waals surface area contributed by atoms with E-state index in [0.717, 1.165) is 0 Å². The van der Waals surface area contributed by atoms with Crippen LogP contribution in [0.25, 0.3) is 0 Å². The van der Waals surface area contributed by atoms with Gasteiger partial charge in [-0.05, 0) is 38.3 Å². The van der Waals surface area contributed by atoms with Crippen LogP contribution < -0.4 is 11.1 Å². The number of amidine groups is 1. The molecule has 0 radical (unpaired) electrons. The molecule has 0 aliphatic carbocycles. The lowest BCUT2D eigenvalue weighted by Crippen LogP contribution is -2.45. The Bertz CT molecular complexity index is 1300. The summed E-state index contributed by atoms with van der Waals surface area (Å²) in [6, 6.07) is 3.63. The molecule has 1 fully saturated rings. The Morgan fingerprint density at radius 2 is 1.89 bits per heavy atom. The summed E-state index contributed by atoms with van der Waals surface area (Å²) in [4.78, 5) is 55.5. The standard InChI is InChI=1S/C28H40N6O10/c1-8-18(35)43-19-16(11-40-23(37)20(31)26(2,3)4)44-28(12-29,21(19)36)17-10-9-15(33-17)22(32-13-30)34-25(39)42-14-41-24(38)27(5,6)7/h9-10,13,16,19-21,33,36H,8,11,14,31H2,1-7H3,(H2,30,32,34,39)/t16-,19-,20-,21-,28+/m1/s1. The van der Waals surface area contributed by atoms with Crippen LogP contribution in [0.1, 0.15) is 66.3 Å². The number of nitrogens with zero attached hydrogens (tertiary/aromatic N) is 2. The third-order valence-electron chi connectivity index (χ3n) is 6.48. The summed E-state index contributed by atoms with van der Waals surface area (Å²) < 4.78 is 26.4. The number of hydrogen-bond acceptors (Lipinski definition) is 13. The molecule has 6 N–H and O–H groups in total. The highest BCUT2D eigenvalue weighted by Crippen LogP contribution is 2.41. The van der Waals surface area contributed by atoms with Crippen molar-refractivity contribution in [3.63, 3.8) is 0 Å². The minimum Gasteiger partial charge on any atom is -0.462 e. The van der Waals surface area contributed by atoms with E-state index in [-0.39, 0.29) is 23.6 Å². The second-order valence-corrected chi connectivity index (χ2v) is 12.0. The maximum atomic E-state index is 12.5. The molecule has 5 atom stereocenters. The predicted octanol–water partition coefficient (Wildman–Crippen LogP) is 1.36. The molecule has 1 aromatic heterocycles. The number of esters is 3. The number of aliphatic hydroxyl groups excluding tert-OH is 1. The molecule has 0 spiro atoms. The van der Waals surface area contributed by atoms with Gasteiger partial charge in [0, 0.05) is 6.42 Å². The molecule has 1 aromatic rings. The molecule has 44 heavy (non-hydrogen) atoms. The molecule has 16 nitrogen and oxygen atoms in total. The van der Waals surface area contributed by atoms with Crippen molar-refractivity contribution in [1.82, 2.24) is 10.3 Å².